The largest absolute Gasteiger partial charge is 1.00 e. The van der Waals surface area contributed by atoms with Crippen molar-refractivity contribution in [3.8, 4) is 0 Å². The van der Waals surface area contributed by atoms with Gasteiger partial charge in [0.1, 0.15) is 31.7 Å². The summed E-state index contributed by atoms with van der Waals surface area (Å²) >= 11 is 0. The zero-order valence-electron chi connectivity index (χ0n) is 24.3. The number of nitrogens with zero attached hydrogens (tertiary/aromatic N) is 2. The van der Waals surface area contributed by atoms with Crippen LogP contribution < -0.4 is 45.9 Å². The Morgan fingerprint density at radius 2 is 1.49 bits per heavy atom. The standard InChI is InChI=1S/C25H47N3O10P2.Na/c1-2-3-4-5-6-7-8-9-10-11-12-13-14-15-18-39(32,33)38-40(34,35)36-19-20-22(29)23(30)24(37-20)28-17-16-21(26)27-25(28)31;/h16-17,20,22-24,29-30H,2-15,18-19H2,1H3,(H,32,33)(H,34,35)(H2,26,27,31);/q;+1/p-1. The molecule has 0 bridgehead atoms. The number of anilines is 1. The summed E-state index contributed by atoms with van der Waals surface area (Å²) in [5, 5.41) is 20.5. The number of nitrogens with two attached hydrogens (primary N) is 1. The molecule has 0 radical (unpaired) electrons. The summed E-state index contributed by atoms with van der Waals surface area (Å²) in [6.45, 7) is 1.44. The molecule has 0 spiro atoms. The Bertz CT molecular complexity index is 1030. The summed E-state index contributed by atoms with van der Waals surface area (Å²) in [6.07, 6.45) is 10.3. The first-order valence-corrected chi connectivity index (χ1v) is 17.5. The predicted molar refractivity (Wildman–Crippen MR) is 148 cm³/mol. The average Bonchev–Trinajstić information content (AvgIpc) is 3.15. The number of aromatic nitrogens is 2. The van der Waals surface area contributed by atoms with E-state index in [1.807, 2.05) is 0 Å². The van der Waals surface area contributed by atoms with E-state index in [4.69, 9.17) is 15.0 Å². The smallest absolute Gasteiger partial charge is 0.778 e. The Balaban J connectivity index is 0.00000840. The number of phosphoric ester groups is 1. The number of aliphatic hydroxyl groups excluding tert-OH is 2. The van der Waals surface area contributed by atoms with Gasteiger partial charge in [0.15, 0.2) is 6.23 Å². The summed E-state index contributed by atoms with van der Waals surface area (Å²) in [4.78, 5) is 37.6. The second-order valence-electron chi connectivity index (χ2n) is 10.4. The minimum Gasteiger partial charge on any atom is -0.778 e. The summed E-state index contributed by atoms with van der Waals surface area (Å²) in [5.41, 5.74) is 4.59. The van der Waals surface area contributed by atoms with Gasteiger partial charge < -0.3 is 35.0 Å². The molecule has 2 rings (SSSR count). The fourth-order valence-electron chi connectivity index (χ4n) is 4.61. The van der Waals surface area contributed by atoms with Gasteiger partial charge in [-0.15, -0.1) is 0 Å². The first-order valence-electron chi connectivity index (χ1n) is 14.3. The van der Waals surface area contributed by atoms with Crippen LogP contribution >= 0.6 is 15.4 Å². The zero-order valence-corrected chi connectivity index (χ0v) is 28.1. The Labute approximate surface area is 264 Å². The second-order valence-corrected chi connectivity index (χ2v) is 13.9. The van der Waals surface area contributed by atoms with Crippen molar-refractivity contribution in [1.82, 2.24) is 9.55 Å². The fraction of sp³-hybridized carbons (Fsp3) is 0.840. The monoisotopic (exact) mass is 633 g/mol. The normalized spacial score (nSPS) is 23.5. The van der Waals surface area contributed by atoms with Crippen LogP contribution in [-0.4, -0.2) is 55.7 Å². The van der Waals surface area contributed by atoms with Crippen molar-refractivity contribution in [1.29, 1.82) is 0 Å². The predicted octanol–water partition coefficient (Wildman–Crippen LogP) is 0.617. The van der Waals surface area contributed by atoms with Crippen LogP contribution in [0.15, 0.2) is 17.1 Å². The summed E-state index contributed by atoms with van der Waals surface area (Å²) in [5.74, 6) is -0.0522. The van der Waals surface area contributed by atoms with Crippen molar-refractivity contribution in [2.75, 3.05) is 18.5 Å². The second kappa shape index (κ2) is 20.0. The maximum atomic E-state index is 12.2. The molecule has 16 heteroatoms. The van der Waals surface area contributed by atoms with Gasteiger partial charge in [0, 0.05) is 12.4 Å². The number of nitrogen functional groups attached to an aromatic ring is 1. The van der Waals surface area contributed by atoms with Crippen LogP contribution in [0.2, 0.25) is 0 Å². The van der Waals surface area contributed by atoms with Gasteiger partial charge in [-0.3, -0.25) is 9.09 Å². The van der Waals surface area contributed by atoms with Gasteiger partial charge in [-0.05, 0) is 12.5 Å². The number of unbranched alkanes of at least 4 members (excludes halogenated alkanes) is 13. The van der Waals surface area contributed by atoms with E-state index >= 15 is 0 Å². The molecule has 1 fully saturated rings. The zero-order chi connectivity index (χ0) is 29.6. The summed E-state index contributed by atoms with van der Waals surface area (Å²) in [7, 11) is -9.72. The van der Waals surface area contributed by atoms with E-state index in [1.165, 1.54) is 70.1 Å². The number of hydrogen-bond donors (Lipinski definition) is 4. The van der Waals surface area contributed by atoms with Crippen LogP contribution in [0.1, 0.15) is 103 Å². The molecule has 0 aliphatic carbocycles. The van der Waals surface area contributed by atoms with Crippen LogP contribution in [0.3, 0.4) is 0 Å². The molecular weight excluding hydrogens is 587 g/mol. The maximum absolute atomic E-state index is 12.2. The minimum absolute atomic E-state index is 0. The van der Waals surface area contributed by atoms with E-state index in [1.54, 1.807) is 0 Å². The minimum atomic E-state index is -5.05. The van der Waals surface area contributed by atoms with Gasteiger partial charge in [0.05, 0.1) is 6.61 Å². The third-order valence-corrected chi connectivity index (χ3v) is 10.0. The van der Waals surface area contributed by atoms with Crippen molar-refractivity contribution < 1.29 is 72.3 Å². The molecule has 2 heterocycles. The summed E-state index contributed by atoms with van der Waals surface area (Å²) < 4.78 is 39.8. The van der Waals surface area contributed by atoms with Crippen LogP contribution in [0, 0.1) is 0 Å². The summed E-state index contributed by atoms with van der Waals surface area (Å²) in [6, 6.07) is 1.28. The average molecular weight is 634 g/mol. The molecule has 0 aromatic carbocycles. The molecular formula is C25H46N3NaO10P2. The van der Waals surface area contributed by atoms with Crippen molar-refractivity contribution in [2.45, 2.75) is 121 Å². The Hall–Kier alpha value is -0.140. The number of aliphatic hydroxyl groups is 2. The molecule has 1 aliphatic rings. The Morgan fingerprint density at radius 1 is 0.976 bits per heavy atom. The first-order chi connectivity index (χ1) is 19.0. The molecule has 0 saturated carbocycles. The maximum Gasteiger partial charge on any atom is 1.00 e. The van der Waals surface area contributed by atoms with Crippen LogP contribution in [0.25, 0.3) is 0 Å². The van der Waals surface area contributed by atoms with E-state index < -0.39 is 58.4 Å². The van der Waals surface area contributed by atoms with E-state index in [0.717, 1.165) is 23.8 Å². The van der Waals surface area contributed by atoms with Gasteiger partial charge in [-0.25, -0.2) is 13.7 Å². The van der Waals surface area contributed by atoms with Gasteiger partial charge in [0.2, 0.25) is 0 Å². The molecule has 41 heavy (non-hydrogen) atoms. The number of ether oxygens (including phenoxy) is 1. The van der Waals surface area contributed by atoms with E-state index in [9.17, 15) is 33.9 Å². The number of rotatable bonds is 21. The van der Waals surface area contributed by atoms with Gasteiger partial charge in [-0.1, -0.05) is 90.4 Å². The number of hydrogen-bond acceptors (Lipinski definition) is 11. The SMILES string of the molecule is CCCCCCCCCCCCCCCCP(=O)([O-])OP(=O)(O)OCC1OC(n2ccc(N)nc2=O)C(O)C1O.[Na+]. The van der Waals surface area contributed by atoms with E-state index in [-0.39, 0.29) is 35.4 Å². The van der Waals surface area contributed by atoms with E-state index in [0.29, 0.717) is 12.8 Å². The topological polar surface area (TPSA) is 206 Å². The van der Waals surface area contributed by atoms with Crippen molar-refractivity contribution in [3.05, 3.63) is 22.7 Å². The number of phosphoric acid groups is 1. The molecule has 1 aromatic rings. The molecule has 1 aliphatic heterocycles. The van der Waals surface area contributed by atoms with Crippen LogP contribution in [0.4, 0.5) is 5.82 Å². The first kappa shape index (κ1) is 38.9. The van der Waals surface area contributed by atoms with Gasteiger partial charge >= 0.3 is 43.1 Å². The van der Waals surface area contributed by atoms with Crippen molar-refractivity contribution >= 4 is 21.2 Å². The van der Waals surface area contributed by atoms with Crippen LogP contribution in [0.5, 0.6) is 0 Å². The molecule has 13 nitrogen and oxygen atoms in total. The molecule has 6 atom stereocenters. The molecule has 1 aromatic heterocycles. The van der Waals surface area contributed by atoms with Gasteiger partial charge in [0.25, 0.3) is 0 Å². The third kappa shape index (κ3) is 14.9. The fourth-order valence-corrected chi connectivity index (χ4v) is 7.32. The molecule has 1 saturated heterocycles. The molecule has 232 valence electrons. The van der Waals surface area contributed by atoms with Crippen molar-refractivity contribution in [3.63, 3.8) is 0 Å². The Kier molecular flexibility index (Phi) is 19.0. The molecule has 5 N–H and O–H groups in total. The molecule has 0 amide bonds. The Morgan fingerprint density at radius 3 is 2.00 bits per heavy atom. The third-order valence-electron chi connectivity index (χ3n) is 6.88. The van der Waals surface area contributed by atoms with Crippen LogP contribution in [-0.2, 0) is 22.7 Å². The van der Waals surface area contributed by atoms with Gasteiger partial charge in [-0.2, -0.15) is 4.98 Å². The quantitative estimate of drug-likeness (QED) is 0.0835. The van der Waals surface area contributed by atoms with Crippen molar-refractivity contribution in [2.24, 2.45) is 0 Å². The molecule has 6 unspecified atom stereocenters. The van der Waals surface area contributed by atoms with E-state index in [2.05, 4.69) is 16.2 Å².